The SMILES string of the molecule is CNC(=O)c1cc(CC2COCCN(S(C)(=O)=O)C2)ncn1. The average Bonchev–Trinajstić information content (AvgIpc) is 2.72. The lowest BCUT2D eigenvalue weighted by Crippen LogP contribution is -2.35. The van der Waals surface area contributed by atoms with Gasteiger partial charge in [0.15, 0.2) is 0 Å². The Balaban J connectivity index is 2.10. The van der Waals surface area contributed by atoms with Crippen molar-refractivity contribution in [1.29, 1.82) is 0 Å². The Kier molecular flexibility index (Phi) is 5.43. The molecule has 1 aliphatic rings. The average molecular weight is 328 g/mol. The summed E-state index contributed by atoms with van der Waals surface area (Å²) in [5.41, 5.74) is 0.986. The molecule has 2 rings (SSSR count). The lowest BCUT2D eigenvalue weighted by molar-refractivity contribution is 0.0957. The Hall–Kier alpha value is -1.58. The number of carbonyl (C=O) groups excluding carboxylic acids is 1. The predicted octanol–water partition coefficient (Wildman–Crippen LogP) is -0.713. The van der Waals surface area contributed by atoms with E-state index in [-0.39, 0.29) is 11.8 Å². The van der Waals surface area contributed by atoms with E-state index in [9.17, 15) is 13.2 Å². The molecule has 0 radical (unpaired) electrons. The van der Waals surface area contributed by atoms with E-state index in [1.807, 2.05) is 0 Å². The molecule has 0 aliphatic carbocycles. The minimum absolute atomic E-state index is 0.00957. The zero-order chi connectivity index (χ0) is 16.2. The molecule has 122 valence electrons. The van der Waals surface area contributed by atoms with Crippen molar-refractivity contribution < 1.29 is 17.9 Å². The van der Waals surface area contributed by atoms with E-state index in [1.54, 1.807) is 6.07 Å². The first-order valence-electron chi connectivity index (χ1n) is 6.96. The number of aromatic nitrogens is 2. The molecule has 9 heteroatoms. The normalized spacial score (nSPS) is 20.4. The van der Waals surface area contributed by atoms with Crippen LogP contribution in [0.5, 0.6) is 0 Å². The van der Waals surface area contributed by atoms with Crippen molar-refractivity contribution in [1.82, 2.24) is 19.6 Å². The van der Waals surface area contributed by atoms with Crippen molar-refractivity contribution in [3.8, 4) is 0 Å². The van der Waals surface area contributed by atoms with E-state index < -0.39 is 10.0 Å². The molecule has 1 aromatic heterocycles. The number of carbonyl (C=O) groups is 1. The van der Waals surface area contributed by atoms with Crippen molar-refractivity contribution >= 4 is 15.9 Å². The summed E-state index contributed by atoms with van der Waals surface area (Å²) in [6, 6.07) is 1.62. The highest BCUT2D eigenvalue weighted by Crippen LogP contribution is 2.15. The fourth-order valence-electron chi connectivity index (χ4n) is 2.33. The number of hydrogen-bond acceptors (Lipinski definition) is 6. The van der Waals surface area contributed by atoms with E-state index in [2.05, 4.69) is 15.3 Å². The van der Waals surface area contributed by atoms with Crippen LogP contribution >= 0.6 is 0 Å². The Labute approximate surface area is 129 Å². The lowest BCUT2D eigenvalue weighted by Gasteiger charge is -2.20. The second kappa shape index (κ2) is 7.12. The third-order valence-corrected chi connectivity index (χ3v) is 4.72. The third kappa shape index (κ3) is 4.46. The molecule has 1 aliphatic heterocycles. The molecular weight excluding hydrogens is 308 g/mol. The smallest absolute Gasteiger partial charge is 0.269 e. The van der Waals surface area contributed by atoms with Crippen LogP contribution in [0.2, 0.25) is 0 Å². The van der Waals surface area contributed by atoms with E-state index >= 15 is 0 Å². The van der Waals surface area contributed by atoms with Crippen LogP contribution in [0.15, 0.2) is 12.4 Å². The topological polar surface area (TPSA) is 101 Å². The molecule has 1 fully saturated rings. The second-order valence-corrected chi connectivity index (χ2v) is 7.22. The van der Waals surface area contributed by atoms with Gasteiger partial charge in [0.2, 0.25) is 10.0 Å². The minimum atomic E-state index is -3.24. The first-order chi connectivity index (χ1) is 10.4. The van der Waals surface area contributed by atoms with Gasteiger partial charge in [-0.15, -0.1) is 0 Å². The van der Waals surface area contributed by atoms with Crippen LogP contribution in [-0.4, -0.2) is 68.2 Å². The largest absolute Gasteiger partial charge is 0.380 e. The number of nitrogens with zero attached hydrogens (tertiary/aromatic N) is 3. The Bertz CT molecular complexity index is 635. The fourth-order valence-corrected chi connectivity index (χ4v) is 3.22. The Morgan fingerprint density at radius 3 is 2.95 bits per heavy atom. The maximum absolute atomic E-state index is 11.7. The first-order valence-corrected chi connectivity index (χ1v) is 8.81. The predicted molar refractivity (Wildman–Crippen MR) is 79.9 cm³/mol. The molecule has 0 aromatic carbocycles. The molecular formula is C13H20N4O4S. The number of nitrogens with one attached hydrogen (secondary N) is 1. The summed E-state index contributed by atoms with van der Waals surface area (Å²) < 4.78 is 30.3. The van der Waals surface area contributed by atoms with Crippen LogP contribution in [0, 0.1) is 5.92 Å². The summed E-state index contributed by atoms with van der Waals surface area (Å²) in [7, 11) is -1.71. The maximum Gasteiger partial charge on any atom is 0.269 e. The quantitative estimate of drug-likeness (QED) is 0.783. The molecule has 0 bridgehead atoms. The standard InChI is InChI=1S/C13H20N4O4S/c1-14-13(18)12-6-11(15-9-16-12)5-10-7-17(22(2,19)20)3-4-21-8-10/h6,9-10H,3-5,7-8H2,1-2H3,(H,14,18). The van der Waals surface area contributed by atoms with Crippen LogP contribution in [0.3, 0.4) is 0 Å². The van der Waals surface area contributed by atoms with E-state index in [0.29, 0.717) is 44.1 Å². The van der Waals surface area contributed by atoms with Gasteiger partial charge >= 0.3 is 0 Å². The van der Waals surface area contributed by atoms with Crippen LogP contribution in [0.25, 0.3) is 0 Å². The van der Waals surface area contributed by atoms with Gasteiger partial charge in [0.1, 0.15) is 12.0 Å². The number of amides is 1. The van der Waals surface area contributed by atoms with Gasteiger partial charge in [0.25, 0.3) is 5.91 Å². The highest BCUT2D eigenvalue weighted by atomic mass is 32.2. The van der Waals surface area contributed by atoms with Gasteiger partial charge in [-0.3, -0.25) is 4.79 Å². The van der Waals surface area contributed by atoms with Gasteiger partial charge in [-0.2, -0.15) is 4.31 Å². The van der Waals surface area contributed by atoms with Crippen molar-refractivity contribution in [2.75, 3.05) is 39.6 Å². The monoisotopic (exact) mass is 328 g/mol. The van der Waals surface area contributed by atoms with Gasteiger partial charge in [-0.05, 0) is 12.5 Å². The lowest BCUT2D eigenvalue weighted by atomic mass is 10.0. The van der Waals surface area contributed by atoms with E-state index in [4.69, 9.17) is 4.74 Å². The first kappa shape index (κ1) is 16.8. The Morgan fingerprint density at radius 2 is 2.27 bits per heavy atom. The number of hydrogen-bond donors (Lipinski definition) is 1. The number of sulfonamides is 1. The van der Waals surface area contributed by atoms with E-state index in [0.717, 1.165) is 0 Å². The fraction of sp³-hybridized carbons (Fsp3) is 0.615. The van der Waals surface area contributed by atoms with Gasteiger partial charge < -0.3 is 10.1 Å². The molecule has 1 aromatic rings. The van der Waals surface area contributed by atoms with Gasteiger partial charge in [0.05, 0.1) is 19.5 Å². The minimum Gasteiger partial charge on any atom is -0.380 e. The molecule has 1 unspecified atom stereocenters. The summed E-state index contributed by atoms with van der Waals surface area (Å²) >= 11 is 0. The highest BCUT2D eigenvalue weighted by Gasteiger charge is 2.25. The molecule has 1 N–H and O–H groups in total. The molecule has 22 heavy (non-hydrogen) atoms. The molecule has 1 saturated heterocycles. The summed E-state index contributed by atoms with van der Waals surface area (Å²) in [5, 5.41) is 2.51. The van der Waals surface area contributed by atoms with E-state index in [1.165, 1.54) is 23.9 Å². The maximum atomic E-state index is 11.7. The van der Waals surface area contributed by atoms with Crippen molar-refractivity contribution in [2.45, 2.75) is 6.42 Å². The summed E-state index contributed by atoms with van der Waals surface area (Å²) in [4.78, 5) is 19.7. The zero-order valence-corrected chi connectivity index (χ0v) is 13.5. The highest BCUT2D eigenvalue weighted by molar-refractivity contribution is 7.88. The van der Waals surface area contributed by atoms with Crippen LogP contribution in [0.4, 0.5) is 0 Å². The van der Waals surface area contributed by atoms with Crippen molar-refractivity contribution in [3.63, 3.8) is 0 Å². The third-order valence-electron chi connectivity index (χ3n) is 3.45. The van der Waals surface area contributed by atoms with Crippen LogP contribution < -0.4 is 5.32 Å². The summed E-state index contributed by atoms with van der Waals surface area (Å²) in [6.07, 6.45) is 3.06. The number of ether oxygens (including phenoxy) is 1. The molecule has 2 heterocycles. The molecule has 8 nitrogen and oxygen atoms in total. The number of rotatable bonds is 4. The zero-order valence-electron chi connectivity index (χ0n) is 12.7. The van der Waals surface area contributed by atoms with Crippen molar-refractivity contribution in [2.24, 2.45) is 5.92 Å². The Morgan fingerprint density at radius 1 is 1.50 bits per heavy atom. The molecule has 1 atom stereocenters. The second-order valence-electron chi connectivity index (χ2n) is 5.24. The van der Waals surface area contributed by atoms with Gasteiger partial charge in [-0.1, -0.05) is 0 Å². The van der Waals surface area contributed by atoms with Crippen LogP contribution in [-0.2, 0) is 21.2 Å². The van der Waals surface area contributed by atoms with Gasteiger partial charge in [-0.25, -0.2) is 18.4 Å². The van der Waals surface area contributed by atoms with Crippen LogP contribution in [0.1, 0.15) is 16.2 Å². The van der Waals surface area contributed by atoms with Crippen molar-refractivity contribution in [3.05, 3.63) is 23.8 Å². The molecule has 1 amide bonds. The summed E-state index contributed by atoms with van der Waals surface area (Å²) in [5.74, 6) is -0.289. The molecule has 0 saturated carbocycles. The summed E-state index contributed by atoms with van der Waals surface area (Å²) in [6.45, 7) is 1.60. The van der Waals surface area contributed by atoms with Gasteiger partial charge in [0, 0.05) is 31.7 Å². The molecule has 0 spiro atoms.